The zero-order chi connectivity index (χ0) is 34.6. The van der Waals surface area contributed by atoms with Gasteiger partial charge in [0.15, 0.2) is 30.5 Å². The van der Waals surface area contributed by atoms with E-state index in [0.717, 1.165) is 0 Å². The van der Waals surface area contributed by atoms with E-state index < -0.39 is 93.6 Å². The number of halogens is 3. The summed E-state index contributed by atoms with van der Waals surface area (Å²) in [5.41, 5.74) is -0.938. The molecule has 6 rings (SSSR count). The second-order valence-electron chi connectivity index (χ2n) is 8.02. The second-order valence-corrected chi connectivity index (χ2v) is 12.1. The average Bonchev–Trinajstić information content (AvgIpc) is 3.82. The van der Waals surface area contributed by atoms with Crippen molar-refractivity contribution in [2.75, 3.05) is 26.4 Å². The molecule has 0 aliphatic carbocycles. The minimum Gasteiger partial charge on any atom is -0.512 e. The maximum atomic E-state index is 10.7. The summed E-state index contributed by atoms with van der Waals surface area (Å²) < 4.78 is 73.3. The summed E-state index contributed by atoms with van der Waals surface area (Å²) in [4.78, 5) is 66.4. The van der Waals surface area contributed by atoms with Gasteiger partial charge in [-0.2, -0.15) is 8.42 Å². The quantitative estimate of drug-likeness (QED) is 0.0814. The molecule has 254 valence electrons. The number of nitrogens with zero attached hydrogens (tertiary/aromatic N) is 2. The molecule has 0 bridgehead atoms. The van der Waals surface area contributed by atoms with Crippen LogP contribution in [0, 0.1) is 18.4 Å². The molecule has 8 unspecified atom stereocenters. The predicted molar refractivity (Wildman–Crippen MR) is 133 cm³/mol. The molecule has 0 aromatic heterocycles. The van der Waals surface area contributed by atoms with E-state index in [-0.39, 0.29) is 56.0 Å². The molecule has 8 atom stereocenters. The molecule has 6 heterocycles. The molecule has 27 heteroatoms. The van der Waals surface area contributed by atoms with Gasteiger partial charge in [0, 0.05) is 21.4 Å². The van der Waals surface area contributed by atoms with Gasteiger partial charge >= 0.3 is 81.0 Å². The van der Waals surface area contributed by atoms with E-state index in [4.69, 9.17) is 38.4 Å². The molecule has 0 N–H and O–H groups in total. The number of hydrogen-bond acceptors (Lipinski definition) is 21. The summed E-state index contributed by atoms with van der Waals surface area (Å²) in [6.45, 7) is 11.7. The maximum absolute atomic E-state index is 10.7. The first-order valence-electron chi connectivity index (χ1n) is 11.6. The molecular weight excluding hydrogens is 750 g/mol. The Morgan fingerprint density at radius 1 is 0.574 bits per heavy atom. The Morgan fingerprint density at radius 2 is 0.894 bits per heavy atom. The molecule has 6 saturated heterocycles. The molecule has 0 saturated carbocycles. The van der Waals surface area contributed by atoms with Gasteiger partial charge < -0.3 is 68.7 Å². The van der Waals surface area contributed by atoms with E-state index >= 15 is 0 Å². The molecular formula is C20H16Cl3N2NaO20S. The Bertz CT molecular complexity index is 1310. The summed E-state index contributed by atoms with van der Waals surface area (Å²) >= 11 is 5.59. The number of cyclic esters (lactones) is 12. The van der Waals surface area contributed by atoms with Gasteiger partial charge in [0.25, 0.3) is 6.10 Å². The minimum absolute atomic E-state index is 0. The van der Waals surface area contributed by atoms with Crippen molar-refractivity contribution in [2.24, 2.45) is 0 Å². The Hall–Kier alpha value is -3.58. The van der Waals surface area contributed by atoms with E-state index in [1.807, 2.05) is 0 Å². The van der Waals surface area contributed by atoms with Crippen molar-refractivity contribution in [1.29, 1.82) is 5.26 Å². The first-order valence-corrected chi connectivity index (χ1v) is 15.2. The summed E-state index contributed by atoms with van der Waals surface area (Å²) in [5, 5.41) is 6.25. The third kappa shape index (κ3) is 14.0. The summed E-state index contributed by atoms with van der Waals surface area (Å²) in [5.74, 6) is 0. The van der Waals surface area contributed by atoms with Gasteiger partial charge in [-0.3, -0.25) is 4.85 Å². The van der Waals surface area contributed by atoms with Crippen LogP contribution in [0.1, 0.15) is 0 Å². The topological polar surface area (TPSA) is 275 Å². The van der Waals surface area contributed by atoms with Gasteiger partial charge in [-0.15, -0.1) is 0 Å². The largest absolute Gasteiger partial charge is 1.00 e. The van der Waals surface area contributed by atoms with Crippen LogP contribution in [0.2, 0.25) is 0 Å². The number of hydrogen-bond donors (Lipinski definition) is 0. The maximum Gasteiger partial charge on any atom is 1.00 e. The molecule has 6 fully saturated rings. The van der Waals surface area contributed by atoms with Crippen LogP contribution in [0.4, 0.5) is 28.8 Å². The van der Waals surface area contributed by atoms with Crippen LogP contribution in [0.15, 0.2) is 0 Å². The van der Waals surface area contributed by atoms with E-state index in [2.05, 4.69) is 83.1 Å². The Labute approximate surface area is 298 Å². The van der Waals surface area contributed by atoms with Crippen LogP contribution in [-0.2, 0) is 65.1 Å². The van der Waals surface area contributed by atoms with Gasteiger partial charge in [-0.25, -0.2) is 35.3 Å². The molecule has 0 aromatic rings. The van der Waals surface area contributed by atoms with Gasteiger partial charge in [-0.05, 0) is 0 Å². The monoisotopic (exact) mass is 764 g/mol. The van der Waals surface area contributed by atoms with Crippen LogP contribution in [-0.4, -0.2) is 120 Å². The standard InChI is InChI=1S/C7H5NO6.C6H5ClO6.C6H6O6.CN.Cl2O2S.Na/c1-8-5-4(13-7(10)14-5)3-2-11-6(9)12-3;7-4-3(12-6(9)13-4)2-1-10-5(8)11-2;7-5-9-1-3(11-5)4-2-10-6(8)12-4;1-2;1-5(2,3)4;/h3-5H,2H2;2-4H,1H2;3-4H,1-2H2;;;/q;;;-1;;+1. The van der Waals surface area contributed by atoms with Crippen molar-refractivity contribution < 1.29 is 124 Å². The molecule has 22 nitrogen and oxygen atoms in total. The molecule has 0 radical (unpaired) electrons. The molecule has 0 aromatic carbocycles. The van der Waals surface area contributed by atoms with Crippen LogP contribution >= 0.6 is 33.0 Å². The van der Waals surface area contributed by atoms with Crippen molar-refractivity contribution >= 4 is 78.2 Å². The van der Waals surface area contributed by atoms with Crippen LogP contribution in [0.25, 0.3) is 4.85 Å². The zero-order valence-electron chi connectivity index (χ0n) is 23.0. The summed E-state index contributed by atoms with van der Waals surface area (Å²) in [7, 11) is 4.81. The van der Waals surface area contributed by atoms with Crippen LogP contribution in [0.3, 0.4) is 0 Å². The van der Waals surface area contributed by atoms with Crippen molar-refractivity contribution in [3.8, 4) is 0 Å². The van der Waals surface area contributed by atoms with E-state index in [9.17, 15) is 28.8 Å². The van der Waals surface area contributed by atoms with E-state index in [1.54, 1.807) is 0 Å². The fraction of sp³-hybridized carbons (Fsp3) is 0.600. The molecule has 6 aliphatic rings. The van der Waals surface area contributed by atoms with Gasteiger partial charge in [-0.1, -0.05) is 11.6 Å². The number of ether oxygens (including phenoxy) is 12. The van der Waals surface area contributed by atoms with Gasteiger partial charge in [0.2, 0.25) is 5.56 Å². The summed E-state index contributed by atoms with van der Waals surface area (Å²) in [6, 6.07) is 0. The fourth-order valence-electron chi connectivity index (χ4n) is 3.38. The minimum atomic E-state index is -3.72. The van der Waals surface area contributed by atoms with Crippen LogP contribution in [0.5, 0.6) is 0 Å². The third-order valence-corrected chi connectivity index (χ3v) is 5.49. The first-order chi connectivity index (χ1) is 21.6. The second kappa shape index (κ2) is 19.3. The third-order valence-electron chi connectivity index (χ3n) is 5.16. The van der Waals surface area contributed by atoms with E-state index in [0.29, 0.717) is 0 Å². The number of carbonyl (C=O) groups excluding carboxylic acids is 6. The molecule has 6 aliphatic heterocycles. The van der Waals surface area contributed by atoms with Crippen molar-refractivity contribution in [3.63, 3.8) is 0 Å². The number of rotatable bonds is 3. The van der Waals surface area contributed by atoms with Gasteiger partial charge in [0.05, 0.1) is 0 Å². The average molecular weight is 766 g/mol. The summed E-state index contributed by atoms with van der Waals surface area (Å²) in [6.07, 6.45) is -10.1. The number of carbonyl (C=O) groups is 6. The SMILES string of the molecule is O=C1OCC(C2COC(=O)O2)O1.O=C1OCC(C2OC(=O)OC2Cl)O1.O=S(=O)(Cl)Cl.[C-]#N.[C-]#[N+]C1OC(=O)OC1C1COC(=O)O1.[Na+]. The molecule has 0 spiro atoms. The Kier molecular flexibility index (Phi) is 17.0. The van der Waals surface area contributed by atoms with Crippen LogP contribution < -0.4 is 29.6 Å². The van der Waals surface area contributed by atoms with E-state index in [1.165, 1.54) is 0 Å². The van der Waals surface area contributed by atoms with Gasteiger partial charge in [0.1, 0.15) is 26.4 Å². The smallest absolute Gasteiger partial charge is 0.512 e. The fourth-order valence-corrected chi connectivity index (χ4v) is 3.66. The Morgan fingerprint density at radius 3 is 1.19 bits per heavy atom. The first kappa shape index (κ1) is 41.4. The molecule has 47 heavy (non-hydrogen) atoms. The van der Waals surface area contributed by atoms with Crippen molar-refractivity contribution in [3.05, 3.63) is 18.0 Å². The predicted octanol–water partition coefficient (Wildman–Crippen LogP) is -1.21. The normalized spacial score (nSPS) is 30.8. The Balaban J connectivity index is 0.000000318. The van der Waals surface area contributed by atoms with Crippen molar-refractivity contribution in [1.82, 2.24) is 0 Å². The zero-order valence-corrected chi connectivity index (χ0v) is 28.1. The number of alkyl halides is 1. The van der Waals surface area contributed by atoms with Crippen molar-refractivity contribution in [2.45, 2.75) is 48.4 Å². The molecule has 0 amide bonds.